The van der Waals surface area contributed by atoms with Gasteiger partial charge in [0, 0.05) is 0 Å². The van der Waals surface area contributed by atoms with E-state index in [2.05, 4.69) is 9.53 Å². The van der Waals surface area contributed by atoms with Crippen LogP contribution in [-0.4, -0.2) is 29.4 Å². The van der Waals surface area contributed by atoms with Gasteiger partial charge in [0.05, 0.1) is 12.5 Å². The van der Waals surface area contributed by atoms with E-state index in [0.717, 1.165) is 7.11 Å². The lowest BCUT2D eigenvalue weighted by Crippen LogP contribution is -2.44. The molecule has 0 radical (unpaired) electrons. The standard InChI is InChI=1S/C19H18N2O3/c1-3-19(14-10-6-4-7-11-14,15-12-8-5-9-13-15)17(22)16(21-20)18(23)24-2/h4-13H,3H2,1-2H3. The normalized spacial score (nSPS) is 10.6. The summed E-state index contributed by atoms with van der Waals surface area (Å²) in [5.74, 6) is -1.57. The molecule has 2 aromatic carbocycles. The van der Waals surface area contributed by atoms with Gasteiger partial charge in [-0.2, -0.15) is 4.79 Å². The van der Waals surface area contributed by atoms with Crippen molar-refractivity contribution in [2.75, 3.05) is 7.11 Å². The molecule has 0 aliphatic rings. The summed E-state index contributed by atoms with van der Waals surface area (Å²) in [6.45, 7) is 1.85. The lowest BCUT2D eigenvalue weighted by Gasteiger charge is -2.30. The molecule has 5 heteroatoms. The molecule has 24 heavy (non-hydrogen) atoms. The van der Waals surface area contributed by atoms with E-state index in [1.54, 1.807) is 0 Å². The summed E-state index contributed by atoms with van der Waals surface area (Å²) in [7, 11) is 1.14. The lowest BCUT2D eigenvalue weighted by atomic mass is 9.68. The number of benzene rings is 2. The first-order valence-corrected chi connectivity index (χ1v) is 7.58. The van der Waals surface area contributed by atoms with Crippen molar-refractivity contribution in [2.45, 2.75) is 18.8 Å². The molecule has 0 spiro atoms. The zero-order valence-electron chi connectivity index (χ0n) is 13.6. The Bertz CT molecular complexity index is 739. The number of hydrogen-bond acceptors (Lipinski definition) is 3. The average molecular weight is 322 g/mol. The first-order valence-electron chi connectivity index (χ1n) is 7.58. The van der Waals surface area contributed by atoms with E-state index in [1.165, 1.54) is 0 Å². The summed E-state index contributed by atoms with van der Waals surface area (Å²) < 4.78 is 4.59. The molecule has 0 unspecified atom stereocenters. The predicted molar refractivity (Wildman–Crippen MR) is 89.6 cm³/mol. The van der Waals surface area contributed by atoms with Crippen LogP contribution in [0.3, 0.4) is 0 Å². The Kier molecular flexibility index (Phi) is 5.40. The number of Topliss-reactive ketones (excluding diaryl/α,β-unsaturated/α-hetero) is 1. The molecule has 0 N–H and O–H groups in total. The highest BCUT2D eigenvalue weighted by atomic mass is 16.5. The minimum absolute atomic E-state index is 0.385. The van der Waals surface area contributed by atoms with Crippen LogP contribution in [0.4, 0.5) is 0 Å². The molecule has 0 saturated heterocycles. The Morgan fingerprint density at radius 1 is 1.00 bits per heavy atom. The van der Waals surface area contributed by atoms with Gasteiger partial charge >= 0.3 is 11.7 Å². The second-order valence-corrected chi connectivity index (χ2v) is 5.26. The van der Waals surface area contributed by atoms with Gasteiger partial charge < -0.3 is 10.3 Å². The van der Waals surface area contributed by atoms with Crippen molar-refractivity contribution in [3.63, 3.8) is 0 Å². The summed E-state index contributed by atoms with van der Waals surface area (Å²) in [4.78, 5) is 28.0. The highest BCUT2D eigenvalue weighted by Crippen LogP contribution is 2.37. The maximum Gasteiger partial charge on any atom is 0.442 e. The third-order valence-electron chi connectivity index (χ3n) is 4.14. The molecule has 0 heterocycles. The van der Waals surface area contributed by atoms with Gasteiger partial charge in [-0.05, 0) is 17.5 Å². The Balaban J connectivity index is 2.74. The van der Waals surface area contributed by atoms with Gasteiger partial charge in [0.15, 0.2) is 0 Å². The topological polar surface area (TPSA) is 79.8 Å². The van der Waals surface area contributed by atoms with Crippen LogP contribution in [0.25, 0.3) is 5.53 Å². The van der Waals surface area contributed by atoms with Gasteiger partial charge in [-0.1, -0.05) is 67.6 Å². The zero-order valence-corrected chi connectivity index (χ0v) is 13.6. The van der Waals surface area contributed by atoms with Crippen LogP contribution in [-0.2, 0) is 19.7 Å². The third-order valence-corrected chi connectivity index (χ3v) is 4.14. The quantitative estimate of drug-likeness (QED) is 0.270. The SMILES string of the molecule is CCC(C(=O)C(=[N+]=[N-])C(=O)OC)(c1ccccc1)c1ccccc1. The smallest absolute Gasteiger partial charge is 0.442 e. The van der Waals surface area contributed by atoms with Gasteiger partial charge in [0.2, 0.25) is 0 Å². The molecule has 0 aliphatic carbocycles. The molecule has 122 valence electrons. The molecule has 0 bridgehead atoms. The first kappa shape index (κ1) is 17.3. The Morgan fingerprint density at radius 2 is 1.46 bits per heavy atom. The van der Waals surface area contributed by atoms with E-state index >= 15 is 0 Å². The summed E-state index contributed by atoms with van der Waals surface area (Å²) in [5, 5.41) is 0. The van der Waals surface area contributed by atoms with E-state index in [0.29, 0.717) is 17.5 Å². The Hall–Kier alpha value is -3.04. The summed E-state index contributed by atoms with van der Waals surface area (Å²) in [6, 6.07) is 18.3. The first-order chi connectivity index (χ1) is 11.6. The van der Waals surface area contributed by atoms with E-state index < -0.39 is 22.9 Å². The molecule has 0 saturated carbocycles. The number of esters is 1. The molecular weight excluding hydrogens is 304 g/mol. The van der Waals surface area contributed by atoms with Crippen molar-refractivity contribution < 1.29 is 19.1 Å². The monoisotopic (exact) mass is 322 g/mol. The van der Waals surface area contributed by atoms with Crippen molar-refractivity contribution in [2.24, 2.45) is 0 Å². The van der Waals surface area contributed by atoms with Crippen LogP contribution in [0.1, 0.15) is 24.5 Å². The van der Waals surface area contributed by atoms with Crippen LogP contribution in [0.2, 0.25) is 0 Å². The van der Waals surface area contributed by atoms with Gasteiger partial charge in [0.1, 0.15) is 0 Å². The van der Waals surface area contributed by atoms with E-state index in [-0.39, 0.29) is 0 Å². The molecule has 2 aromatic rings. The third kappa shape index (κ3) is 2.90. The molecule has 0 atom stereocenters. The van der Waals surface area contributed by atoms with Gasteiger partial charge in [-0.15, -0.1) is 0 Å². The average Bonchev–Trinajstić information content (AvgIpc) is 2.65. The van der Waals surface area contributed by atoms with Gasteiger partial charge in [0.25, 0.3) is 5.78 Å². The largest absolute Gasteiger partial charge is 0.460 e. The number of rotatable bonds is 6. The number of carbonyl (C=O) groups excluding carboxylic acids is 2. The van der Waals surface area contributed by atoms with Crippen LogP contribution in [0.5, 0.6) is 0 Å². The Labute approximate surface area is 140 Å². The predicted octanol–water partition coefficient (Wildman–Crippen LogP) is 2.80. The molecule has 0 amide bonds. The fraction of sp³-hybridized carbons (Fsp3) is 0.211. The molecule has 0 aliphatic heterocycles. The second kappa shape index (κ2) is 7.49. The summed E-state index contributed by atoms with van der Waals surface area (Å²) in [6.07, 6.45) is 0.385. The van der Waals surface area contributed by atoms with Crippen LogP contribution in [0.15, 0.2) is 60.7 Å². The van der Waals surface area contributed by atoms with Gasteiger partial charge in [-0.3, -0.25) is 4.79 Å². The number of hydrogen-bond donors (Lipinski definition) is 0. The van der Waals surface area contributed by atoms with E-state index in [9.17, 15) is 15.1 Å². The molecule has 5 nitrogen and oxygen atoms in total. The zero-order chi connectivity index (χ0) is 17.6. The number of ketones is 1. The molecule has 0 fully saturated rings. The van der Waals surface area contributed by atoms with Crippen molar-refractivity contribution >= 4 is 17.5 Å². The van der Waals surface area contributed by atoms with Crippen molar-refractivity contribution in [3.8, 4) is 0 Å². The molecule has 2 rings (SSSR count). The van der Waals surface area contributed by atoms with Crippen molar-refractivity contribution in [1.29, 1.82) is 0 Å². The number of ether oxygens (including phenoxy) is 1. The van der Waals surface area contributed by atoms with Crippen molar-refractivity contribution in [1.82, 2.24) is 0 Å². The van der Waals surface area contributed by atoms with E-state index in [1.807, 2.05) is 67.6 Å². The highest BCUT2D eigenvalue weighted by molar-refractivity contribution is 6.64. The van der Waals surface area contributed by atoms with Crippen LogP contribution >= 0.6 is 0 Å². The second-order valence-electron chi connectivity index (χ2n) is 5.26. The fourth-order valence-corrected chi connectivity index (χ4v) is 2.92. The summed E-state index contributed by atoms with van der Waals surface area (Å²) in [5.41, 5.74) is 8.89. The van der Waals surface area contributed by atoms with Crippen LogP contribution < -0.4 is 0 Å². The lowest BCUT2D eigenvalue weighted by molar-refractivity contribution is -0.140. The summed E-state index contributed by atoms with van der Waals surface area (Å²) >= 11 is 0. The molecule has 0 aromatic heterocycles. The number of carbonyl (C=O) groups is 2. The molecular formula is C19H18N2O3. The minimum Gasteiger partial charge on any atom is -0.460 e. The highest BCUT2D eigenvalue weighted by Gasteiger charge is 2.49. The van der Waals surface area contributed by atoms with Gasteiger partial charge in [-0.25, -0.2) is 4.79 Å². The fourth-order valence-electron chi connectivity index (χ4n) is 2.92. The maximum absolute atomic E-state index is 13.2. The van der Waals surface area contributed by atoms with Crippen LogP contribution in [0, 0.1) is 0 Å². The number of nitrogens with zero attached hydrogens (tertiary/aromatic N) is 2. The van der Waals surface area contributed by atoms with E-state index in [4.69, 9.17) is 0 Å². The Morgan fingerprint density at radius 3 is 1.79 bits per heavy atom. The number of methoxy groups -OCH3 is 1. The minimum atomic E-state index is -1.14. The maximum atomic E-state index is 13.2. The van der Waals surface area contributed by atoms with Crippen molar-refractivity contribution in [3.05, 3.63) is 77.3 Å².